The minimum Gasteiger partial charge on any atom is -0.310 e. The number of hydrogen-bond donors (Lipinski definition) is 0. The topological polar surface area (TPSA) is 23.6 Å². The van der Waals surface area contributed by atoms with Gasteiger partial charge < -0.3 is 4.90 Å². The van der Waals surface area contributed by atoms with E-state index in [1.54, 1.807) is 0 Å². The Kier molecular flexibility index (Phi) is 4.21. The van der Waals surface area contributed by atoms with Gasteiger partial charge in [0, 0.05) is 30.7 Å². The second kappa shape index (κ2) is 6.75. The lowest BCUT2D eigenvalue weighted by Crippen LogP contribution is -2.43. The molecule has 3 heteroatoms. The second-order valence-electron chi connectivity index (χ2n) is 8.52. The number of hydrogen-bond acceptors (Lipinski definition) is 2. The highest BCUT2D eigenvalue weighted by Gasteiger charge is 2.50. The van der Waals surface area contributed by atoms with Crippen molar-refractivity contribution in [2.45, 2.75) is 32.4 Å². The number of rotatable bonds is 3. The van der Waals surface area contributed by atoms with Crippen LogP contribution in [0.15, 0.2) is 72.8 Å². The van der Waals surface area contributed by atoms with Crippen LogP contribution in [-0.2, 0) is 11.3 Å². The summed E-state index contributed by atoms with van der Waals surface area (Å²) in [5.41, 5.74) is 2.56. The molecule has 1 saturated heterocycles. The molecular formula is C25H26N2O. The zero-order valence-electron chi connectivity index (χ0n) is 16.3. The molecule has 2 fully saturated rings. The van der Waals surface area contributed by atoms with Gasteiger partial charge in [-0.25, -0.2) is 0 Å². The molecule has 0 N–H and O–H groups in total. The predicted molar refractivity (Wildman–Crippen MR) is 114 cm³/mol. The van der Waals surface area contributed by atoms with E-state index >= 15 is 0 Å². The predicted octanol–water partition coefficient (Wildman–Crippen LogP) is 4.86. The van der Waals surface area contributed by atoms with Crippen LogP contribution in [0.3, 0.4) is 0 Å². The van der Waals surface area contributed by atoms with Crippen LogP contribution in [0.2, 0.25) is 0 Å². The van der Waals surface area contributed by atoms with E-state index in [4.69, 9.17) is 0 Å². The van der Waals surface area contributed by atoms with E-state index in [9.17, 15) is 4.79 Å². The summed E-state index contributed by atoms with van der Waals surface area (Å²) in [5, 5.41) is 2.41. The zero-order valence-corrected chi connectivity index (χ0v) is 16.3. The number of carbonyl (C=O) groups excluding carboxylic acids is 1. The van der Waals surface area contributed by atoms with E-state index in [0.29, 0.717) is 0 Å². The molecule has 1 unspecified atom stereocenters. The third-order valence-corrected chi connectivity index (χ3v) is 6.43. The van der Waals surface area contributed by atoms with E-state index in [2.05, 4.69) is 83.5 Å². The number of amides is 1. The van der Waals surface area contributed by atoms with Gasteiger partial charge in [-0.05, 0) is 48.2 Å². The summed E-state index contributed by atoms with van der Waals surface area (Å²) in [5.74, 6) is 0.218. The highest BCUT2D eigenvalue weighted by atomic mass is 16.2. The molecule has 3 aromatic rings. The van der Waals surface area contributed by atoms with Crippen LogP contribution >= 0.6 is 0 Å². The summed E-state index contributed by atoms with van der Waals surface area (Å²) in [6.07, 6.45) is 2.42. The minimum absolute atomic E-state index is 0.119. The van der Waals surface area contributed by atoms with Gasteiger partial charge in [-0.15, -0.1) is 0 Å². The van der Waals surface area contributed by atoms with Crippen molar-refractivity contribution < 1.29 is 4.79 Å². The van der Waals surface area contributed by atoms with Gasteiger partial charge in [-0.2, -0.15) is 0 Å². The Morgan fingerprint density at radius 3 is 2.36 bits per heavy atom. The molecule has 1 aliphatic heterocycles. The van der Waals surface area contributed by atoms with Crippen molar-refractivity contribution in [3.63, 3.8) is 0 Å². The standard InChI is InChI=1S/C25H26N2O/c1-19-24(28)27(23-12-11-21-9-5-6-10-22(21)15-23)18-25(13-14-25)17-26(19)16-20-7-3-2-4-8-20/h2-12,15,19H,13-14,16-18H2,1H3. The average molecular weight is 370 g/mol. The zero-order chi connectivity index (χ0) is 19.1. The lowest BCUT2D eigenvalue weighted by Gasteiger charge is -2.28. The van der Waals surface area contributed by atoms with Crippen molar-refractivity contribution in [1.29, 1.82) is 0 Å². The van der Waals surface area contributed by atoms with Crippen LogP contribution in [0.1, 0.15) is 25.3 Å². The van der Waals surface area contributed by atoms with Crippen LogP contribution in [0.25, 0.3) is 10.8 Å². The lowest BCUT2D eigenvalue weighted by atomic mass is 10.0. The first kappa shape index (κ1) is 17.4. The third kappa shape index (κ3) is 3.20. The smallest absolute Gasteiger partial charge is 0.244 e. The van der Waals surface area contributed by atoms with Crippen molar-refractivity contribution >= 4 is 22.4 Å². The SMILES string of the molecule is CC1C(=O)N(c2ccc3ccccc3c2)CC2(CC2)CN1Cc1ccccc1. The fraction of sp³-hybridized carbons (Fsp3) is 0.320. The fourth-order valence-corrected chi connectivity index (χ4v) is 4.48. The first-order chi connectivity index (χ1) is 13.6. The Morgan fingerprint density at radius 2 is 1.61 bits per heavy atom. The van der Waals surface area contributed by atoms with Gasteiger partial charge in [0.25, 0.3) is 0 Å². The van der Waals surface area contributed by atoms with Gasteiger partial charge in [0.05, 0.1) is 6.04 Å². The summed E-state index contributed by atoms with van der Waals surface area (Å²) < 4.78 is 0. The van der Waals surface area contributed by atoms with Crippen LogP contribution in [-0.4, -0.2) is 29.9 Å². The third-order valence-electron chi connectivity index (χ3n) is 6.43. The Bertz CT molecular complexity index is 1010. The quantitative estimate of drug-likeness (QED) is 0.657. The van der Waals surface area contributed by atoms with Gasteiger partial charge >= 0.3 is 0 Å². The molecule has 3 nitrogen and oxygen atoms in total. The number of fused-ring (bicyclic) bond motifs is 1. The van der Waals surface area contributed by atoms with E-state index < -0.39 is 0 Å². The average Bonchev–Trinajstić information content (AvgIpc) is 3.51. The summed E-state index contributed by atoms with van der Waals surface area (Å²) >= 11 is 0. The Balaban J connectivity index is 1.47. The Labute approximate surface area is 166 Å². The molecular weight excluding hydrogens is 344 g/mol. The second-order valence-corrected chi connectivity index (χ2v) is 8.52. The molecule has 28 heavy (non-hydrogen) atoms. The normalized spacial score (nSPS) is 21.8. The highest BCUT2D eigenvalue weighted by Crippen LogP contribution is 2.49. The lowest BCUT2D eigenvalue weighted by molar-refractivity contribution is -0.122. The molecule has 1 heterocycles. The van der Waals surface area contributed by atoms with Crippen LogP contribution in [0.5, 0.6) is 0 Å². The molecule has 1 spiro atoms. The number of anilines is 1. The number of nitrogens with zero attached hydrogens (tertiary/aromatic N) is 2. The maximum absolute atomic E-state index is 13.5. The van der Waals surface area contributed by atoms with E-state index in [-0.39, 0.29) is 17.4 Å². The van der Waals surface area contributed by atoms with Gasteiger partial charge in [-0.1, -0.05) is 60.7 Å². The van der Waals surface area contributed by atoms with Gasteiger partial charge in [0.1, 0.15) is 0 Å². The van der Waals surface area contributed by atoms with Gasteiger partial charge in [-0.3, -0.25) is 9.69 Å². The molecule has 1 saturated carbocycles. The highest BCUT2D eigenvalue weighted by molar-refractivity contribution is 5.99. The molecule has 0 radical (unpaired) electrons. The number of benzene rings is 3. The maximum Gasteiger partial charge on any atom is 0.244 e. The first-order valence-electron chi connectivity index (χ1n) is 10.2. The summed E-state index contributed by atoms with van der Waals surface area (Å²) in [6.45, 7) is 4.74. The summed E-state index contributed by atoms with van der Waals surface area (Å²) in [7, 11) is 0. The molecule has 0 aromatic heterocycles. The number of carbonyl (C=O) groups is 1. The van der Waals surface area contributed by atoms with Crippen LogP contribution in [0, 0.1) is 5.41 Å². The van der Waals surface area contributed by atoms with E-state index in [0.717, 1.165) is 25.3 Å². The van der Waals surface area contributed by atoms with Gasteiger partial charge in [0.15, 0.2) is 0 Å². The fourth-order valence-electron chi connectivity index (χ4n) is 4.48. The van der Waals surface area contributed by atoms with Crippen molar-refractivity contribution in [3.8, 4) is 0 Å². The molecule has 5 rings (SSSR count). The molecule has 0 bridgehead atoms. The Hall–Kier alpha value is -2.65. The molecule has 2 aliphatic rings. The Morgan fingerprint density at radius 1 is 0.893 bits per heavy atom. The van der Waals surface area contributed by atoms with E-state index in [1.165, 1.54) is 29.2 Å². The summed E-state index contributed by atoms with van der Waals surface area (Å²) in [6, 6.07) is 25.2. The van der Waals surface area contributed by atoms with Gasteiger partial charge in [0.2, 0.25) is 5.91 Å². The molecule has 1 atom stereocenters. The molecule has 1 amide bonds. The maximum atomic E-state index is 13.5. The largest absolute Gasteiger partial charge is 0.310 e. The monoisotopic (exact) mass is 370 g/mol. The van der Waals surface area contributed by atoms with Crippen molar-refractivity contribution in [3.05, 3.63) is 78.4 Å². The molecule has 3 aromatic carbocycles. The first-order valence-corrected chi connectivity index (χ1v) is 10.2. The van der Waals surface area contributed by atoms with Crippen molar-refractivity contribution in [2.75, 3.05) is 18.0 Å². The molecule has 1 aliphatic carbocycles. The van der Waals surface area contributed by atoms with Crippen molar-refractivity contribution in [2.24, 2.45) is 5.41 Å². The van der Waals surface area contributed by atoms with Crippen LogP contribution in [0.4, 0.5) is 5.69 Å². The van der Waals surface area contributed by atoms with Crippen LogP contribution < -0.4 is 4.90 Å². The minimum atomic E-state index is -0.119. The molecule has 142 valence electrons. The van der Waals surface area contributed by atoms with Crippen molar-refractivity contribution in [1.82, 2.24) is 4.90 Å². The van der Waals surface area contributed by atoms with E-state index in [1.807, 2.05) is 6.07 Å². The summed E-state index contributed by atoms with van der Waals surface area (Å²) in [4.78, 5) is 17.9.